The van der Waals surface area contributed by atoms with Crippen molar-refractivity contribution in [2.45, 2.75) is 36.4 Å². The highest BCUT2D eigenvalue weighted by atomic mass is 31.2. The lowest BCUT2D eigenvalue weighted by atomic mass is 10.1. The Morgan fingerprint density at radius 1 is 1.06 bits per heavy atom. The van der Waals surface area contributed by atoms with Gasteiger partial charge in [-0.05, 0) is 0 Å². The Balaban J connectivity index is 1.12. The summed E-state index contributed by atoms with van der Waals surface area (Å²) in [6, 6.07) is -0.798. The third-order valence-corrected chi connectivity index (χ3v) is 10.2. The molecule has 2 aliphatic carbocycles. The lowest BCUT2D eigenvalue weighted by Crippen LogP contribution is -2.43. The van der Waals surface area contributed by atoms with E-state index in [1.807, 2.05) is 0 Å². The molecular weight excluding hydrogens is 670 g/mol. The summed E-state index contributed by atoms with van der Waals surface area (Å²) in [5.74, 6) is -1.24. The molecule has 47 heavy (non-hydrogen) atoms. The van der Waals surface area contributed by atoms with E-state index in [0.717, 1.165) is 0 Å². The van der Waals surface area contributed by atoms with E-state index in [1.165, 1.54) is 35.2 Å². The summed E-state index contributed by atoms with van der Waals surface area (Å²) in [6.45, 7) is -1.39. The standard InChI is InChI=1S/C23H24N10O12P2/c1-40-23-15(33-7-29-12-20(33)30-22(25)31-21(12)35)17(23)43-10-4-42-46(36,37)44-14-8(3-41-47(38,39)45-16(10)23)2-9(13(14)34)32-6-28-11-18(24)26-5-27-19(11)32/h5-7,10,15-17,34H,2-4H2,1H3,(H,36,37)(H,38,39)(H2,24,26,27)(H3,25,30,31,35)/t10-,15-,16?,17?,23?/m1/s1. The quantitative estimate of drug-likeness (QED) is 0.152. The van der Waals surface area contributed by atoms with E-state index in [-0.39, 0.29) is 51.8 Å². The summed E-state index contributed by atoms with van der Waals surface area (Å²) in [5.41, 5.74) is 10.1. The number of methoxy groups -OCH3 is 1. The van der Waals surface area contributed by atoms with Crippen LogP contribution in [0.2, 0.25) is 0 Å². The molecular formula is C23H24N10O12P2. The van der Waals surface area contributed by atoms with E-state index in [2.05, 4.69) is 29.9 Å². The van der Waals surface area contributed by atoms with E-state index >= 15 is 0 Å². The van der Waals surface area contributed by atoms with Crippen LogP contribution in [0.5, 0.6) is 0 Å². The number of aliphatic hydroxyl groups is 1. The number of hydrogen-bond donors (Lipinski definition) is 6. The van der Waals surface area contributed by atoms with Gasteiger partial charge in [0, 0.05) is 19.1 Å². The van der Waals surface area contributed by atoms with E-state index in [1.54, 1.807) is 0 Å². The number of anilines is 2. The Hall–Kier alpha value is -4.24. The minimum absolute atomic E-state index is 0.0145. The van der Waals surface area contributed by atoms with Gasteiger partial charge in [-0.2, -0.15) is 4.98 Å². The normalized spacial score (nSPS) is 34.1. The second kappa shape index (κ2) is 10.1. The zero-order chi connectivity index (χ0) is 33.0. The lowest BCUT2D eigenvalue weighted by Gasteiger charge is -2.30. The van der Waals surface area contributed by atoms with Gasteiger partial charge < -0.3 is 40.0 Å². The molecule has 1 saturated carbocycles. The molecule has 0 amide bonds. The Morgan fingerprint density at radius 3 is 2.64 bits per heavy atom. The largest absolute Gasteiger partial charge is 0.527 e. The van der Waals surface area contributed by atoms with Crippen molar-refractivity contribution in [3.8, 4) is 0 Å². The number of nitrogens with two attached hydrogens (primary N) is 2. The van der Waals surface area contributed by atoms with Crippen LogP contribution in [0.4, 0.5) is 11.8 Å². The monoisotopic (exact) mass is 694 g/mol. The van der Waals surface area contributed by atoms with Gasteiger partial charge in [0.15, 0.2) is 39.7 Å². The Morgan fingerprint density at radius 2 is 1.85 bits per heavy atom. The maximum absolute atomic E-state index is 13.4. The van der Waals surface area contributed by atoms with Gasteiger partial charge in [0.25, 0.3) is 5.56 Å². The predicted octanol–water partition coefficient (Wildman–Crippen LogP) is -0.135. The lowest BCUT2D eigenvalue weighted by molar-refractivity contribution is -0.0711. The molecule has 8 rings (SSSR count). The van der Waals surface area contributed by atoms with Gasteiger partial charge in [-0.15, -0.1) is 0 Å². The summed E-state index contributed by atoms with van der Waals surface area (Å²) >= 11 is 0. The predicted molar refractivity (Wildman–Crippen MR) is 155 cm³/mol. The molecule has 22 nitrogen and oxygen atoms in total. The van der Waals surface area contributed by atoms with E-state index in [0.29, 0.717) is 0 Å². The van der Waals surface area contributed by atoms with Crippen molar-refractivity contribution in [1.29, 1.82) is 0 Å². The number of ether oxygens (including phenoxy) is 2. The molecule has 7 atom stereocenters. The molecule has 1 saturated heterocycles. The number of aromatic nitrogens is 8. The van der Waals surface area contributed by atoms with Gasteiger partial charge in [0.2, 0.25) is 5.95 Å². The number of allylic oxidation sites excluding steroid dienone is 1. The summed E-state index contributed by atoms with van der Waals surface area (Å²) in [5, 5.41) is 11.1. The van der Waals surface area contributed by atoms with Crippen molar-refractivity contribution < 1.29 is 51.6 Å². The number of phosphoric ester groups is 2. The summed E-state index contributed by atoms with van der Waals surface area (Å²) < 4.78 is 62.8. The zero-order valence-corrected chi connectivity index (χ0v) is 25.6. The maximum Gasteiger partial charge on any atom is 0.527 e. The number of nitrogen functional groups attached to an aromatic ring is 2. The topological polar surface area (TPSA) is 309 Å². The van der Waals surface area contributed by atoms with Gasteiger partial charge in [0.05, 0.1) is 25.2 Å². The van der Waals surface area contributed by atoms with Crippen LogP contribution in [0.25, 0.3) is 28.0 Å². The first-order valence-corrected chi connectivity index (χ1v) is 16.7. The number of phosphoric acid groups is 2. The van der Waals surface area contributed by atoms with Crippen molar-refractivity contribution in [1.82, 2.24) is 39.0 Å². The van der Waals surface area contributed by atoms with Crippen LogP contribution in [-0.2, 0) is 36.7 Å². The highest BCUT2D eigenvalue weighted by molar-refractivity contribution is 7.47. The average molecular weight is 694 g/mol. The average Bonchev–Trinajstić information content (AvgIpc) is 3.46. The van der Waals surface area contributed by atoms with Crippen molar-refractivity contribution in [2.24, 2.45) is 0 Å². The van der Waals surface area contributed by atoms with E-state index < -0.39 is 75.9 Å². The van der Waals surface area contributed by atoms with Crippen molar-refractivity contribution in [3.05, 3.63) is 46.4 Å². The molecule has 2 fully saturated rings. The summed E-state index contributed by atoms with van der Waals surface area (Å²) in [7, 11) is -8.66. The van der Waals surface area contributed by atoms with Crippen LogP contribution in [0.1, 0.15) is 12.5 Å². The van der Waals surface area contributed by atoms with Gasteiger partial charge in [-0.3, -0.25) is 32.8 Å². The second-order valence-electron chi connectivity index (χ2n) is 10.9. The van der Waals surface area contributed by atoms with Crippen molar-refractivity contribution in [3.63, 3.8) is 0 Å². The molecule has 5 unspecified atom stereocenters. The fraction of sp³-hybridized carbons (Fsp3) is 0.391. The van der Waals surface area contributed by atoms with Gasteiger partial charge in [0.1, 0.15) is 42.6 Å². The Kier molecular flexibility index (Phi) is 6.49. The first-order valence-electron chi connectivity index (χ1n) is 13.7. The van der Waals surface area contributed by atoms with Crippen LogP contribution >= 0.6 is 15.6 Å². The summed E-state index contributed by atoms with van der Waals surface area (Å²) in [6.07, 6.45) is -0.0174. The van der Waals surface area contributed by atoms with E-state index in [4.69, 9.17) is 39.0 Å². The van der Waals surface area contributed by atoms with Crippen LogP contribution in [0.3, 0.4) is 0 Å². The Bertz CT molecular complexity index is 2210. The minimum Gasteiger partial charge on any atom is -0.503 e. The third kappa shape index (κ3) is 4.53. The molecule has 248 valence electrons. The number of rotatable bonds is 3. The number of H-pyrrole nitrogens is 1. The van der Waals surface area contributed by atoms with Crippen LogP contribution < -0.4 is 17.0 Å². The summed E-state index contributed by atoms with van der Waals surface area (Å²) in [4.78, 5) is 56.7. The van der Waals surface area contributed by atoms with E-state index in [9.17, 15) is 28.8 Å². The smallest absolute Gasteiger partial charge is 0.503 e. The number of aromatic amines is 1. The molecule has 0 radical (unpaired) electrons. The fourth-order valence-corrected chi connectivity index (χ4v) is 8.12. The molecule has 8 N–H and O–H groups in total. The van der Waals surface area contributed by atoms with Gasteiger partial charge in [-0.25, -0.2) is 29.1 Å². The zero-order valence-electron chi connectivity index (χ0n) is 23.9. The molecule has 4 aromatic heterocycles. The molecule has 4 aliphatic rings. The molecule has 0 aromatic carbocycles. The molecule has 24 heteroatoms. The molecule has 0 bridgehead atoms. The first-order chi connectivity index (χ1) is 22.3. The van der Waals surface area contributed by atoms with Crippen LogP contribution in [-0.4, -0.2) is 98.2 Å². The highest BCUT2D eigenvalue weighted by Gasteiger charge is 2.80. The van der Waals surface area contributed by atoms with Gasteiger partial charge in [-0.1, -0.05) is 0 Å². The SMILES string of the molecule is COC12C3OP(=O)(O)OCC4=C(OP(=O)(O)OC[C@H]3OC1[C@H]2n1cnc2c(=O)[nH]c(N)nc21)C(O)=C(n1cnc2c(N)ncnc21)C4. The van der Waals surface area contributed by atoms with Crippen LogP contribution in [0, 0.1) is 0 Å². The Labute approximate surface area is 260 Å². The number of hydrogen-bond acceptors (Lipinski definition) is 17. The number of nitrogens with zero attached hydrogens (tertiary/aromatic N) is 7. The first kappa shape index (κ1) is 30.1. The number of fused-ring (bicyclic) bond motifs is 5. The van der Waals surface area contributed by atoms with Crippen LogP contribution in [0.15, 0.2) is 40.9 Å². The molecule has 4 aromatic rings. The third-order valence-electron chi connectivity index (χ3n) is 8.39. The second-order valence-corrected chi connectivity index (χ2v) is 13.7. The number of aliphatic hydroxyl groups excluding tert-OH is 1. The number of imidazole rings is 2. The molecule has 2 aliphatic heterocycles. The van der Waals surface area contributed by atoms with Gasteiger partial charge >= 0.3 is 15.6 Å². The number of nitrogens with one attached hydrogen (secondary N) is 1. The fourth-order valence-electron chi connectivity index (χ4n) is 6.32. The van der Waals surface area contributed by atoms with Crippen molar-refractivity contribution >= 4 is 55.4 Å². The molecule has 0 spiro atoms. The minimum atomic E-state index is -4.99. The molecule has 6 heterocycles. The van der Waals surface area contributed by atoms with Crippen molar-refractivity contribution in [2.75, 3.05) is 31.8 Å². The maximum atomic E-state index is 13.4. The highest BCUT2D eigenvalue weighted by Crippen LogP contribution is 2.66.